The molecule has 0 fully saturated rings. The molecule has 0 radical (unpaired) electrons. The maximum atomic E-state index is 4.80. The average molecular weight is 304 g/mol. The Morgan fingerprint density at radius 3 is 2.48 bits per heavy atom. The molecule has 0 bridgehead atoms. The molecular weight excluding hydrogens is 280 g/mol. The third-order valence-electron chi connectivity index (χ3n) is 4.14. The predicted molar refractivity (Wildman–Crippen MR) is 99.2 cm³/mol. The maximum Gasteiger partial charge on any atom is 0.133 e. The smallest absolute Gasteiger partial charge is 0.133 e. The summed E-state index contributed by atoms with van der Waals surface area (Å²) >= 11 is 0. The molecule has 2 nitrogen and oxygen atoms in total. The van der Waals surface area contributed by atoms with E-state index >= 15 is 0 Å². The van der Waals surface area contributed by atoms with E-state index in [1.165, 1.54) is 36.8 Å². The zero-order valence-corrected chi connectivity index (χ0v) is 13.8. The zero-order chi connectivity index (χ0) is 15.9. The van der Waals surface area contributed by atoms with Gasteiger partial charge in [0.15, 0.2) is 0 Å². The van der Waals surface area contributed by atoms with Gasteiger partial charge in [-0.15, -0.1) is 0 Å². The topological polar surface area (TPSA) is 17.8 Å². The highest BCUT2D eigenvalue weighted by Crippen LogP contribution is 2.19. The van der Waals surface area contributed by atoms with Crippen LogP contribution in [0.25, 0.3) is 23.2 Å². The molecule has 0 N–H and O–H groups in total. The van der Waals surface area contributed by atoms with Gasteiger partial charge in [-0.1, -0.05) is 74.7 Å². The van der Waals surface area contributed by atoms with Crippen LogP contribution in [0.15, 0.2) is 54.6 Å². The second-order valence-electron chi connectivity index (χ2n) is 5.92. The van der Waals surface area contributed by atoms with Gasteiger partial charge in [0, 0.05) is 6.54 Å². The Morgan fingerprint density at radius 1 is 0.870 bits per heavy atom. The monoisotopic (exact) mass is 304 g/mol. The predicted octanol–water partition coefficient (Wildman–Crippen LogP) is 5.79. The number of hydrogen-bond donors (Lipinski definition) is 0. The number of rotatable bonds is 7. The Hall–Kier alpha value is -2.35. The van der Waals surface area contributed by atoms with Gasteiger partial charge in [0.05, 0.1) is 11.0 Å². The third-order valence-corrected chi connectivity index (χ3v) is 4.14. The lowest BCUT2D eigenvalue weighted by molar-refractivity contribution is 0.589. The lowest BCUT2D eigenvalue weighted by atomic mass is 10.2. The van der Waals surface area contributed by atoms with Crippen molar-refractivity contribution in [3.8, 4) is 0 Å². The van der Waals surface area contributed by atoms with Crippen LogP contribution in [0.5, 0.6) is 0 Å². The fraction of sp³-hybridized carbons (Fsp3) is 0.286. The van der Waals surface area contributed by atoms with Crippen molar-refractivity contribution in [2.24, 2.45) is 0 Å². The highest BCUT2D eigenvalue weighted by molar-refractivity contribution is 5.79. The van der Waals surface area contributed by atoms with Gasteiger partial charge in [-0.3, -0.25) is 0 Å². The van der Waals surface area contributed by atoms with Gasteiger partial charge in [0.2, 0.25) is 0 Å². The van der Waals surface area contributed by atoms with Crippen molar-refractivity contribution in [1.29, 1.82) is 0 Å². The van der Waals surface area contributed by atoms with E-state index in [0.717, 1.165) is 17.9 Å². The second kappa shape index (κ2) is 7.77. The summed E-state index contributed by atoms with van der Waals surface area (Å²) in [5, 5.41) is 0. The van der Waals surface area contributed by atoms with Crippen LogP contribution in [-0.4, -0.2) is 9.55 Å². The van der Waals surface area contributed by atoms with Crippen LogP contribution in [0.4, 0.5) is 0 Å². The molecule has 0 saturated heterocycles. The van der Waals surface area contributed by atoms with Gasteiger partial charge in [-0.2, -0.15) is 0 Å². The first-order chi connectivity index (χ1) is 11.4. The van der Waals surface area contributed by atoms with Crippen LogP contribution in [0.1, 0.15) is 44.0 Å². The number of nitrogens with zero attached hydrogens (tertiary/aromatic N) is 2. The van der Waals surface area contributed by atoms with Gasteiger partial charge in [0.1, 0.15) is 5.82 Å². The van der Waals surface area contributed by atoms with Crippen molar-refractivity contribution in [2.45, 2.75) is 39.2 Å². The Bertz CT molecular complexity index is 769. The highest BCUT2D eigenvalue weighted by atomic mass is 15.1. The molecule has 0 atom stereocenters. The molecule has 0 amide bonds. The lowest BCUT2D eigenvalue weighted by Crippen LogP contribution is -2.00. The summed E-state index contributed by atoms with van der Waals surface area (Å²) in [6.45, 7) is 3.29. The van der Waals surface area contributed by atoms with Gasteiger partial charge in [0.25, 0.3) is 0 Å². The number of aromatic nitrogens is 2. The molecule has 1 heterocycles. The molecule has 1 aromatic heterocycles. The first-order valence-electron chi connectivity index (χ1n) is 8.57. The average Bonchev–Trinajstić information content (AvgIpc) is 2.95. The number of fused-ring (bicyclic) bond motifs is 1. The van der Waals surface area contributed by atoms with E-state index in [4.69, 9.17) is 4.98 Å². The molecule has 0 spiro atoms. The van der Waals surface area contributed by atoms with Crippen LogP contribution >= 0.6 is 0 Å². The van der Waals surface area contributed by atoms with Crippen molar-refractivity contribution >= 4 is 23.2 Å². The molecule has 2 heteroatoms. The number of aryl methyl sites for hydroxylation is 1. The van der Waals surface area contributed by atoms with E-state index in [-0.39, 0.29) is 0 Å². The largest absolute Gasteiger partial charge is 0.324 e. The molecule has 3 aromatic rings. The van der Waals surface area contributed by atoms with Gasteiger partial charge in [-0.05, 0) is 30.2 Å². The summed E-state index contributed by atoms with van der Waals surface area (Å²) < 4.78 is 2.35. The van der Waals surface area contributed by atoms with Crippen molar-refractivity contribution in [3.63, 3.8) is 0 Å². The molecule has 2 aromatic carbocycles. The van der Waals surface area contributed by atoms with E-state index in [0.29, 0.717) is 0 Å². The number of para-hydroxylation sites is 2. The van der Waals surface area contributed by atoms with E-state index in [2.05, 4.69) is 72.2 Å². The van der Waals surface area contributed by atoms with Gasteiger partial charge in [-0.25, -0.2) is 4.98 Å². The van der Waals surface area contributed by atoms with E-state index in [9.17, 15) is 0 Å². The second-order valence-corrected chi connectivity index (χ2v) is 5.92. The molecule has 0 unspecified atom stereocenters. The van der Waals surface area contributed by atoms with Crippen molar-refractivity contribution < 1.29 is 0 Å². The minimum absolute atomic E-state index is 1.04. The van der Waals surface area contributed by atoms with Crippen LogP contribution in [-0.2, 0) is 6.54 Å². The van der Waals surface area contributed by atoms with Gasteiger partial charge < -0.3 is 4.57 Å². The highest BCUT2D eigenvalue weighted by Gasteiger charge is 2.07. The first kappa shape index (κ1) is 15.5. The fourth-order valence-electron chi connectivity index (χ4n) is 2.89. The van der Waals surface area contributed by atoms with E-state index < -0.39 is 0 Å². The zero-order valence-electron chi connectivity index (χ0n) is 13.8. The van der Waals surface area contributed by atoms with Crippen LogP contribution in [0.2, 0.25) is 0 Å². The SMILES string of the molecule is CCCCCCn1c(/C=C/c2ccccc2)nc2ccccc21. The number of unbranched alkanes of at least 4 members (excludes halogenated alkanes) is 3. The van der Waals surface area contributed by atoms with Crippen LogP contribution in [0, 0.1) is 0 Å². The standard InChI is InChI=1S/C21H24N2/c1-2-3-4-10-17-23-20-14-9-8-13-19(20)22-21(23)16-15-18-11-6-5-7-12-18/h5-9,11-16H,2-4,10,17H2,1H3/b16-15+. The summed E-state index contributed by atoms with van der Waals surface area (Å²) in [7, 11) is 0. The fourth-order valence-corrected chi connectivity index (χ4v) is 2.89. The molecular formula is C21H24N2. The molecule has 23 heavy (non-hydrogen) atoms. The first-order valence-corrected chi connectivity index (χ1v) is 8.57. The minimum Gasteiger partial charge on any atom is -0.324 e. The maximum absolute atomic E-state index is 4.80. The number of imidazole rings is 1. The molecule has 0 aliphatic carbocycles. The summed E-state index contributed by atoms with van der Waals surface area (Å²) in [6.07, 6.45) is 9.34. The van der Waals surface area contributed by atoms with Crippen molar-refractivity contribution in [2.75, 3.05) is 0 Å². The Morgan fingerprint density at radius 2 is 1.65 bits per heavy atom. The quantitative estimate of drug-likeness (QED) is 0.505. The van der Waals surface area contributed by atoms with Gasteiger partial charge >= 0.3 is 0 Å². The number of benzene rings is 2. The van der Waals surface area contributed by atoms with Crippen molar-refractivity contribution in [3.05, 3.63) is 66.0 Å². The molecule has 0 aliphatic rings. The molecule has 3 rings (SSSR count). The normalized spacial score (nSPS) is 11.5. The summed E-state index contributed by atoms with van der Waals surface area (Å²) in [4.78, 5) is 4.80. The summed E-state index contributed by atoms with van der Waals surface area (Å²) in [6, 6.07) is 18.8. The third kappa shape index (κ3) is 3.89. The summed E-state index contributed by atoms with van der Waals surface area (Å²) in [5.74, 6) is 1.05. The van der Waals surface area contributed by atoms with Crippen LogP contribution in [0.3, 0.4) is 0 Å². The lowest BCUT2D eigenvalue weighted by Gasteiger charge is -2.07. The van der Waals surface area contributed by atoms with E-state index in [1.54, 1.807) is 0 Å². The molecule has 118 valence electrons. The van der Waals surface area contributed by atoms with Crippen LogP contribution < -0.4 is 0 Å². The molecule has 0 aliphatic heterocycles. The Labute approximate surface area is 138 Å². The molecule has 0 saturated carbocycles. The Kier molecular flexibility index (Phi) is 5.25. The number of hydrogen-bond acceptors (Lipinski definition) is 1. The van der Waals surface area contributed by atoms with Crippen molar-refractivity contribution in [1.82, 2.24) is 9.55 Å². The Balaban J connectivity index is 1.87. The minimum atomic E-state index is 1.04. The van der Waals surface area contributed by atoms with E-state index in [1.807, 2.05) is 6.07 Å². The summed E-state index contributed by atoms with van der Waals surface area (Å²) in [5.41, 5.74) is 3.52.